The average Bonchev–Trinajstić information content (AvgIpc) is 3.35. The van der Waals surface area contributed by atoms with Gasteiger partial charge in [0.25, 0.3) is 5.91 Å². The van der Waals surface area contributed by atoms with Crippen molar-refractivity contribution in [2.45, 2.75) is 13.5 Å². The smallest absolute Gasteiger partial charge is 0.280 e. The summed E-state index contributed by atoms with van der Waals surface area (Å²) >= 11 is 12.3. The molecule has 2 heterocycles. The van der Waals surface area contributed by atoms with Crippen LogP contribution in [0, 0.1) is 29.1 Å². The molecule has 1 aliphatic heterocycles. The molecule has 0 radical (unpaired) electrons. The first-order valence-corrected chi connectivity index (χ1v) is 11.5. The highest BCUT2D eigenvalue weighted by Gasteiger charge is 2.37. The summed E-state index contributed by atoms with van der Waals surface area (Å²) in [6.07, 6.45) is 3.21. The predicted molar refractivity (Wildman–Crippen MR) is 132 cm³/mol. The first-order valence-electron chi connectivity index (χ1n) is 10.7. The Morgan fingerprint density at radius 3 is 2.24 bits per heavy atom. The number of carbonyl (C=O) groups excluding carboxylic acids is 1. The van der Waals surface area contributed by atoms with Crippen molar-refractivity contribution in [2.75, 3.05) is 5.01 Å². The zero-order valence-corrected chi connectivity index (χ0v) is 20.3. The fourth-order valence-corrected chi connectivity index (χ4v) is 4.59. The molecule has 0 unspecified atom stereocenters. The molecular formula is C26H14Cl2F5N3O. The van der Waals surface area contributed by atoms with Crippen molar-refractivity contribution in [3.05, 3.63) is 104 Å². The highest BCUT2D eigenvalue weighted by atomic mass is 35.5. The fourth-order valence-electron chi connectivity index (χ4n) is 4.13. The molecule has 1 aliphatic rings. The minimum absolute atomic E-state index is 0.0338. The maximum atomic E-state index is 14.4. The van der Waals surface area contributed by atoms with E-state index in [9.17, 15) is 26.7 Å². The maximum Gasteiger partial charge on any atom is 0.280 e. The van der Waals surface area contributed by atoms with Gasteiger partial charge >= 0.3 is 0 Å². The molecule has 4 aromatic rings. The number of hydrazone groups is 1. The molecular weight excluding hydrogens is 536 g/mol. The number of hydrogen-bond acceptors (Lipinski definition) is 2. The van der Waals surface area contributed by atoms with Gasteiger partial charge in [-0.15, -0.1) is 0 Å². The summed E-state index contributed by atoms with van der Waals surface area (Å²) in [4.78, 5) is 13.1. The van der Waals surface area contributed by atoms with Gasteiger partial charge in [-0.05, 0) is 36.8 Å². The summed E-state index contributed by atoms with van der Waals surface area (Å²) in [5, 5.41) is 5.68. The Labute approximate surface area is 216 Å². The van der Waals surface area contributed by atoms with Crippen LogP contribution < -0.4 is 5.01 Å². The molecule has 0 bridgehead atoms. The summed E-state index contributed by atoms with van der Waals surface area (Å²) in [7, 11) is 0. The summed E-state index contributed by atoms with van der Waals surface area (Å²) < 4.78 is 71.6. The standard InChI is InChI=1S/C26H14Cl2F5N3O/c1-12-17(26(37)36(34-12)25-23(32)21(30)20(29)22(31)24(25)33)8-14-11-35(19-5-3-2-4-16(14)19)10-13-6-7-15(27)9-18(13)28/h2-9,11H,10H2,1H3/b17-8-. The summed E-state index contributed by atoms with van der Waals surface area (Å²) in [5.41, 5.74) is 0.680. The Kier molecular flexibility index (Phi) is 6.29. The molecule has 11 heteroatoms. The topological polar surface area (TPSA) is 37.6 Å². The van der Waals surface area contributed by atoms with Crippen LogP contribution in [0.3, 0.4) is 0 Å². The van der Waals surface area contributed by atoms with E-state index in [4.69, 9.17) is 23.2 Å². The molecule has 5 rings (SSSR count). The van der Waals surface area contributed by atoms with Gasteiger partial charge in [0, 0.05) is 39.3 Å². The number of aromatic nitrogens is 1. The van der Waals surface area contributed by atoms with E-state index in [1.165, 1.54) is 13.0 Å². The van der Waals surface area contributed by atoms with E-state index in [-0.39, 0.29) is 16.3 Å². The second-order valence-electron chi connectivity index (χ2n) is 8.24. The number of carbonyl (C=O) groups is 1. The molecule has 1 aromatic heterocycles. The number of halogens is 7. The molecule has 188 valence electrons. The van der Waals surface area contributed by atoms with Gasteiger partial charge in [-0.3, -0.25) is 4.79 Å². The highest BCUT2D eigenvalue weighted by Crippen LogP contribution is 2.35. The van der Waals surface area contributed by atoms with Gasteiger partial charge in [-0.25, -0.2) is 22.0 Å². The van der Waals surface area contributed by atoms with Gasteiger partial charge in [0.1, 0.15) is 5.69 Å². The highest BCUT2D eigenvalue weighted by molar-refractivity contribution is 6.35. The minimum Gasteiger partial charge on any atom is -0.342 e. The van der Waals surface area contributed by atoms with Crippen molar-refractivity contribution in [3.63, 3.8) is 0 Å². The number of fused-ring (bicyclic) bond motifs is 1. The van der Waals surface area contributed by atoms with Crippen LogP contribution in [0.15, 0.2) is 59.3 Å². The van der Waals surface area contributed by atoms with Crippen molar-refractivity contribution in [1.29, 1.82) is 0 Å². The molecule has 0 spiro atoms. The lowest BCUT2D eigenvalue weighted by atomic mass is 10.1. The van der Waals surface area contributed by atoms with Crippen LogP contribution in [-0.4, -0.2) is 16.2 Å². The molecule has 4 nitrogen and oxygen atoms in total. The number of amides is 1. The van der Waals surface area contributed by atoms with Crippen LogP contribution in [-0.2, 0) is 11.3 Å². The summed E-state index contributed by atoms with van der Waals surface area (Å²) in [5.74, 6) is -12.0. The molecule has 3 aromatic carbocycles. The summed E-state index contributed by atoms with van der Waals surface area (Å²) in [6.45, 7) is 1.76. The van der Waals surface area contributed by atoms with Gasteiger partial charge in [-0.1, -0.05) is 47.5 Å². The van der Waals surface area contributed by atoms with E-state index in [1.807, 2.05) is 22.8 Å². The van der Waals surface area contributed by atoms with Gasteiger partial charge in [0.05, 0.1) is 11.3 Å². The molecule has 1 amide bonds. The third-order valence-electron chi connectivity index (χ3n) is 5.94. The average molecular weight is 550 g/mol. The lowest BCUT2D eigenvalue weighted by Gasteiger charge is -2.15. The second-order valence-corrected chi connectivity index (χ2v) is 9.09. The monoisotopic (exact) mass is 549 g/mol. The van der Waals surface area contributed by atoms with Gasteiger partial charge in [-0.2, -0.15) is 10.1 Å². The fraction of sp³-hybridized carbons (Fsp3) is 0.0769. The lowest BCUT2D eigenvalue weighted by molar-refractivity contribution is -0.114. The third-order valence-corrected chi connectivity index (χ3v) is 6.52. The van der Waals surface area contributed by atoms with Crippen molar-refractivity contribution in [3.8, 4) is 0 Å². The van der Waals surface area contributed by atoms with Gasteiger partial charge in [0.2, 0.25) is 5.82 Å². The van der Waals surface area contributed by atoms with Crippen LogP contribution in [0.4, 0.5) is 27.6 Å². The Balaban J connectivity index is 1.57. The number of benzene rings is 3. The van der Waals surface area contributed by atoms with Gasteiger partial charge in [0.15, 0.2) is 23.3 Å². The van der Waals surface area contributed by atoms with Crippen molar-refractivity contribution in [2.24, 2.45) is 5.10 Å². The largest absolute Gasteiger partial charge is 0.342 e. The molecule has 0 atom stereocenters. The lowest BCUT2D eigenvalue weighted by Crippen LogP contribution is -2.25. The number of nitrogens with zero attached hydrogens (tertiary/aromatic N) is 3. The Bertz CT molecular complexity index is 1650. The van der Waals surface area contributed by atoms with E-state index < -0.39 is 40.7 Å². The quantitative estimate of drug-likeness (QED) is 0.112. The Morgan fingerprint density at radius 1 is 0.919 bits per heavy atom. The second kappa shape index (κ2) is 9.32. The van der Waals surface area contributed by atoms with Crippen LogP contribution in [0.5, 0.6) is 0 Å². The number of para-hydroxylation sites is 1. The number of anilines is 1. The van der Waals surface area contributed by atoms with Crippen LogP contribution in [0.1, 0.15) is 18.1 Å². The maximum absolute atomic E-state index is 14.4. The first-order chi connectivity index (χ1) is 17.6. The normalized spacial score (nSPS) is 14.8. The van der Waals surface area contributed by atoms with E-state index in [1.54, 1.807) is 30.5 Å². The van der Waals surface area contributed by atoms with Crippen molar-refractivity contribution >= 4 is 57.5 Å². The molecule has 0 saturated carbocycles. The van der Waals surface area contributed by atoms with E-state index in [0.717, 1.165) is 16.5 Å². The van der Waals surface area contributed by atoms with Crippen molar-refractivity contribution in [1.82, 2.24) is 4.57 Å². The molecule has 0 fully saturated rings. The third kappa shape index (κ3) is 4.18. The van der Waals surface area contributed by atoms with Crippen LogP contribution in [0.25, 0.3) is 17.0 Å². The first kappa shape index (κ1) is 25.0. The number of hydrogen-bond donors (Lipinski definition) is 0. The predicted octanol–water partition coefficient (Wildman–Crippen LogP) is 7.50. The van der Waals surface area contributed by atoms with Gasteiger partial charge < -0.3 is 4.57 Å². The van der Waals surface area contributed by atoms with Crippen LogP contribution in [0.2, 0.25) is 10.0 Å². The Morgan fingerprint density at radius 2 is 1.57 bits per heavy atom. The number of rotatable bonds is 4. The molecule has 0 N–H and O–H groups in total. The van der Waals surface area contributed by atoms with E-state index >= 15 is 0 Å². The molecule has 37 heavy (non-hydrogen) atoms. The van der Waals surface area contributed by atoms with Crippen LogP contribution >= 0.6 is 23.2 Å². The zero-order chi connectivity index (χ0) is 26.6. The Hall–Kier alpha value is -3.69. The molecule has 0 aliphatic carbocycles. The van der Waals surface area contributed by atoms with Crippen molar-refractivity contribution < 1.29 is 26.7 Å². The van der Waals surface area contributed by atoms with E-state index in [2.05, 4.69) is 5.10 Å². The zero-order valence-electron chi connectivity index (χ0n) is 18.8. The SMILES string of the molecule is CC1=NN(c2c(F)c(F)c(F)c(F)c2F)C(=O)/C1=C\c1cn(Cc2ccc(Cl)cc2Cl)c2ccccc12. The summed E-state index contributed by atoms with van der Waals surface area (Å²) in [6, 6.07) is 12.4. The minimum atomic E-state index is -2.32. The van der Waals surface area contributed by atoms with E-state index in [0.29, 0.717) is 22.2 Å². The molecule has 0 saturated heterocycles.